The Morgan fingerprint density at radius 1 is 1.12 bits per heavy atom. The van der Waals surface area contributed by atoms with E-state index in [1.54, 1.807) is 0 Å². The molecule has 1 heterocycles. The number of likely N-dealkylation sites (tertiary alicyclic amines) is 1. The average molecular weight is 347 g/mol. The molecule has 3 amide bonds. The third-order valence-corrected chi connectivity index (χ3v) is 3.71. The van der Waals surface area contributed by atoms with Crippen LogP contribution in [0.2, 0.25) is 0 Å². The summed E-state index contributed by atoms with van der Waals surface area (Å²) >= 11 is 0. The fourth-order valence-corrected chi connectivity index (χ4v) is 2.41. The number of rotatable bonds is 3. The van der Waals surface area contributed by atoms with Crippen LogP contribution < -0.4 is 10.6 Å². The van der Waals surface area contributed by atoms with E-state index < -0.39 is 36.4 Å². The number of carbonyl (C=O) groups is 2. The van der Waals surface area contributed by atoms with Crippen LogP contribution in [0.4, 0.5) is 28.0 Å². The first-order valence-electron chi connectivity index (χ1n) is 7.40. The van der Waals surface area contributed by atoms with Crippen LogP contribution in [0.3, 0.4) is 0 Å². The van der Waals surface area contributed by atoms with Gasteiger partial charge in [0, 0.05) is 24.7 Å². The third-order valence-electron chi connectivity index (χ3n) is 3.71. The standard InChI is InChI=1S/C15H17F4N3O2/c16-11-1-3-12(4-2-11)21-14(24)22-7-5-10(6-8-22)13(23)20-9-15(17,18)19/h1-4,10H,5-9H2,(H,20,23)(H,21,24). The fourth-order valence-electron chi connectivity index (χ4n) is 2.41. The molecule has 9 heteroatoms. The Balaban J connectivity index is 1.78. The highest BCUT2D eigenvalue weighted by Crippen LogP contribution is 2.20. The van der Waals surface area contributed by atoms with Crippen molar-refractivity contribution in [3.8, 4) is 0 Å². The number of nitrogens with zero attached hydrogens (tertiary/aromatic N) is 1. The van der Waals surface area contributed by atoms with Crippen molar-refractivity contribution >= 4 is 17.6 Å². The first kappa shape index (κ1) is 18.0. The molecule has 5 nitrogen and oxygen atoms in total. The molecule has 24 heavy (non-hydrogen) atoms. The van der Waals surface area contributed by atoms with Crippen molar-refractivity contribution in [2.24, 2.45) is 5.92 Å². The molecular weight excluding hydrogens is 330 g/mol. The summed E-state index contributed by atoms with van der Waals surface area (Å²) < 4.78 is 49.1. The maximum absolute atomic E-state index is 12.8. The predicted octanol–water partition coefficient (Wildman–Crippen LogP) is 2.75. The van der Waals surface area contributed by atoms with Crippen molar-refractivity contribution in [1.29, 1.82) is 0 Å². The number of urea groups is 1. The molecule has 0 unspecified atom stereocenters. The lowest BCUT2D eigenvalue weighted by molar-refractivity contribution is -0.141. The number of amides is 3. The Labute approximate surface area is 136 Å². The van der Waals surface area contributed by atoms with Gasteiger partial charge in [-0.1, -0.05) is 0 Å². The number of hydrogen-bond donors (Lipinski definition) is 2. The molecule has 132 valence electrons. The lowest BCUT2D eigenvalue weighted by atomic mass is 9.96. The summed E-state index contributed by atoms with van der Waals surface area (Å²) in [6.45, 7) is -0.828. The largest absolute Gasteiger partial charge is 0.405 e. The second-order valence-electron chi connectivity index (χ2n) is 5.53. The molecular formula is C15H17F4N3O2. The number of anilines is 1. The smallest absolute Gasteiger partial charge is 0.347 e. The molecule has 2 rings (SSSR count). The topological polar surface area (TPSA) is 61.4 Å². The van der Waals surface area contributed by atoms with Gasteiger partial charge in [-0.3, -0.25) is 4.79 Å². The van der Waals surface area contributed by atoms with E-state index in [0.717, 1.165) is 0 Å². The minimum absolute atomic E-state index is 0.261. The maximum Gasteiger partial charge on any atom is 0.405 e. The van der Waals surface area contributed by atoms with Gasteiger partial charge in [-0.15, -0.1) is 0 Å². The van der Waals surface area contributed by atoms with Gasteiger partial charge in [0.25, 0.3) is 0 Å². The predicted molar refractivity (Wildman–Crippen MR) is 78.8 cm³/mol. The highest BCUT2D eigenvalue weighted by Gasteiger charge is 2.31. The van der Waals surface area contributed by atoms with E-state index in [1.165, 1.54) is 29.2 Å². The minimum Gasteiger partial charge on any atom is -0.347 e. The monoisotopic (exact) mass is 347 g/mol. The van der Waals surface area contributed by atoms with E-state index in [0.29, 0.717) is 18.5 Å². The normalized spacial score (nSPS) is 15.9. The van der Waals surface area contributed by atoms with Crippen LogP contribution in [0.5, 0.6) is 0 Å². The van der Waals surface area contributed by atoms with Gasteiger partial charge in [0.2, 0.25) is 5.91 Å². The second-order valence-corrected chi connectivity index (χ2v) is 5.53. The van der Waals surface area contributed by atoms with E-state index in [2.05, 4.69) is 5.32 Å². The summed E-state index contributed by atoms with van der Waals surface area (Å²) in [6, 6.07) is 4.88. The fraction of sp³-hybridized carbons (Fsp3) is 0.467. The quantitative estimate of drug-likeness (QED) is 0.826. The Bertz CT molecular complexity index is 581. The van der Waals surface area contributed by atoms with Crippen LogP contribution in [-0.4, -0.2) is 42.6 Å². The van der Waals surface area contributed by atoms with E-state index in [-0.39, 0.29) is 13.1 Å². The van der Waals surface area contributed by atoms with Gasteiger partial charge < -0.3 is 15.5 Å². The summed E-state index contributed by atoms with van der Waals surface area (Å²) in [6.07, 6.45) is -3.85. The highest BCUT2D eigenvalue weighted by molar-refractivity contribution is 5.89. The Kier molecular flexibility index (Phi) is 5.63. The Morgan fingerprint density at radius 3 is 2.25 bits per heavy atom. The lowest BCUT2D eigenvalue weighted by Crippen LogP contribution is -2.45. The molecule has 0 bridgehead atoms. The van der Waals surface area contributed by atoms with Gasteiger partial charge in [-0.2, -0.15) is 13.2 Å². The van der Waals surface area contributed by atoms with Crippen molar-refractivity contribution in [2.45, 2.75) is 19.0 Å². The van der Waals surface area contributed by atoms with Gasteiger partial charge >= 0.3 is 12.2 Å². The molecule has 0 spiro atoms. The van der Waals surface area contributed by atoms with Gasteiger partial charge in [-0.25, -0.2) is 9.18 Å². The number of halogens is 4. The minimum atomic E-state index is -4.44. The number of carbonyl (C=O) groups excluding carboxylic acids is 2. The molecule has 0 aromatic heterocycles. The SMILES string of the molecule is O=C(NCC(F)(F)F)C1CCN(C(=O)Nc2ccc(F)cc2)CC1. The molecule has 0 radical (unpaired) electrons. The van der Waals surface area contributed by atoms with Crippen LogP contribution in [0, 0.1) is 11.7 Å². The van der Waals surface area contributed by atoms with Crippen LogP contribution in [0.1, 0.15) is 12.8 Å². The average Bonchev–Trinajstić information content (AvgIpc) is 2.54. The lowest BCUT2D eigenvalue weighted by Gasteiger charge is -2.31. The van der Waals surface area contributed by atoms with Gasteiger partial charge in [0.1, 0.15) is 12.4 Å². The molecule has 1 fully saturated rings. The number of benzene rings is 1. The first-order valence-corrected chi connectivity index (χ1v) is 7.40. The summed E-state index contributed by atoms with van der Waals surface area (Å²) in [4.78, 5) is 25.2. The molecule has 2 N–H and O–H groups in total. The van der Waals surface area contributed by atoms with E-state index in [1.807, 2.05) is 5.32 Å². The van der Waals surface area contributed by atoms with E-state index in [9.17, 15) is 27.2 Å². The zero-order valence-electron chi connectivity index (χ0n) is 12.7. The van der Waals surface area contributed by atoms with Crippen molar-refractivity contribution in [3.63, 3.8) is 0 Å². The van der Waals surface area contributed by atoms with Gasteiger partial charge in [-0.05, 0) is 37.1 Å². The summed E-state index contributed by atoms with van der Waals surface area (Å²) in [5.74, 6) is -1.60. The summed E-state index contributed by atoms with van der Waals surface area (Å²) in [7, 11) is 0. The Hall–Kier alpha value is -2.32. The first-order chi connectivity index (χ1) is 11.2. The van der Waals surface area contributed by atoms with Crippen molar-refractivity contribution in [2.75, 3.05) is 25.0 Å². The molecule has 1 aromatic carbocycles. The van der Waals surface area contributed by atoms with Crippen LogP contribution >= 0.6 is 0 Å². The van der Waals surface area contributed by atoms with Crippen molar-refractivity contribution in [1.82, 2.24) is 10.2 Å². The highest BCUT2D eigenvalue weighted by atomic mass is 19.4. The summed E-state index contributed by atoms with van der Waals surface area (Å²) in [5.41, 5.74) is 0.437. The van der Waals surface area contributed by atoms with Crippen LogP contribution in [0.25, 0.3) is 0 Å². The van der Waals surface area contributed by atoms with Crippen LogP contribution in [0.15, 0.2) is 24.3 Å². The third kappa shape index (κ3) is 5.39. The number of nitrogens with one attached hydrogen (secondary N) is 2. The van der Waals surface area contributed by atoms with Gasteiger partial charge in [0.05, 0.1) is 0 Å². The summed E-state index contributed by atoms with van der Waals surface area (Å²) in [5, 5.41) is 4.46. The second kappa shape index (κ2) is 7.50. The molecule has 1 aromatic rings. The molecule has 0 aliphatic carbocycles. The number of hydrogen-bond acceptors (Lipinski definition) is 2. The zero-order chi connectivity index (χ0) is 17.7. The molecule has 0 saturated carbocycles. The van der Waals surface area contributed by atoms with E-state index >= 15 is 0 Å². The Morgan fingerprint density at radius 2 is 1.71 bits per heavy atom. The molecule has 1 aliphatic heterocycles. The number of piperidine rings is 1. The van der Waals surface area contributed by atoms with E-state index in [4.69, 9.17) is 0 Å². The van der Waals surface area contributed by atoms with Crippen molar-refractivity contribution in [3.05, 3.63) is 30.1 Å². The van der Waals surface area contributed by atoms with Gasteiger partial charge in [0.15, 0.2) is 0 Å². The zero-order valence-corrected chi connectivity index (χ0v) is 12.7. The molecule has 0 atom stereocenters. The van der Waals surface area contributed by atoms with Crippen molar-refractivity contribution < 1.29 is 27.2 Å². The molecule has 1 saturated heterocycles. The van der Waals surface area contributed by atoms with Crippen LogP contribution in [-0.2, 0) is 4.79 Å². The molecule has 1 aliphatic rings. The maximum atomic E-state index is 12.8. The number of alkyl halides is 3.